The monoisotopic (exact) mass is 991 g/mol. The predicted molar refractivity (Wildman–Crippen MR) is 316 cm³/mol. The van der Waals surface area contributed by atoms with Crippen LogP contribution >= 0.6 is 0 Å². The van der Waals surface area contributed by atoms with Crippen LogP contribution < -0.4 is 51.3 Å². The lowest BCUT2D eigenvalue weighted by Crippen LogP contribution is -2.77. The van der Waals surface area contributed by atoms with Crippen LogP contribution in [0.2, 0.25) is 0 Å². The maximum atomic E-state index is 5.31. The lowest BCUT2D eigenvalue weighted by Gasteiger charge is -2.45. The third-order valence-corrected chi connectivity index (χ3v) is 25.1. The molecule has 75 heavy (non-hydrogen) atoms. The number of hydrogen-bond donors (Lipinski definition) is 0. The minimum Gasteiger partial charge on any atom is -0.311 e. The first kappa shape index (κ1) is 44.3. The molecule has 0 bridgehead atoms. The van der Waals surface area contributed by atoms with Crippen molar-refractivity contribution >= 4 is 91.8 Å². The van der Waals surface area contributed by atoms with Gasteiger partial charge in [0.25, 0.3) is 0 Å². The average molecular weight is 992 g/mol. The first-order chi connectivity index (χ1) is 37.2. The molecule has 0 N–H and O–H groups in total. The molecule has 0 unspecified atom stereocenters. The third kappa shape index (κ3) is 6.97. The quantitative estimate of drug-likeness (QED) is 0.135. The van der Waals surface area contributed by atoms with Crippen molar-refractivity contribution in [1.82, 2.24) is 14.8 Å². The highest BCUT2D eigenvalue weighted by atomic mass is 28.3. The topological polar surface area (TPSA) is 37.2 Å². The summed E-state index contributed by atoms with van der Waals surface area (Å²) in [5, 5.41) is 16.2. The van der Waals surface area contributed by atoms with Gasteiger partial charge in [0.15, 0.2) is 27.8 Å². The lowest BCUT2D eigenvalue weighted by molar-refractivity contribution is 0.890. The van der Waals surface area contributed by atoms with Gasteiger partial charge in [0.05, 0.1) is 5.69 Å². The lowest BCUT2D eigenvalue weighted by atomic mass is 10.1. The van der Waals surface area contributed by atoms with Crippen molar-refractivity contribution in [3.8, 4) is 28.5 Å². The Morgan fingerprint density at radius 1 is 0.253 bits per heavy atom. The number of nitrogens with zero attached hydrogens (tertiary/aromatic N) is 5. The van der Waals surface area contributed by atoms with Gasteiger partial charge in [0, 0.05) is 45.3 Å². The van der Waals surface area contributed by atoms with E-state index in [0.29, 0.717) is 5.82 Å². The summed E-state index contributed by atoms with van der Waals surface area (Å²) in [4.78, 5) is 10.2. The van der Waals surface area contributed by atoms with Crippen molar-refractivity contribution in [2.45, 2.75) is 0 Å². The molecule has 12 aromatic rings. The van der Waals surface area contributed by atoms with Gasteiger partial charge in [0.1, 0.15) is 0 Å². The van der Waals surface area contributed by atoms with E-state index in [9.17, 15) is 0 Å². The number of fused-ring (bicyclic) bond motifs is 4. The Bertz CT molecular complexity index is 3580. The molecule has 0 saturated heterocycles. The zero-order valence-electron chi connectivity index (χ0n) is 41.0. The Labute approximate surface area is 439 Å². The van der Waals surface area contributed by atoms with E-state index < -0.39 is 16.1 Å². The van der Waals surface area contributed by atoms with Crippen molar-refractivity contribution in [1.29, 1.82) is 0 Å². The Hall–Kier alpha value is -9.41. The van der Waals surface area contributed by atoms with E-state index in [1.807, 2.05) is 22.9 Å². The van der Waals surface area contributed by atoms with E-state index in [4.69, 9.17) is 10.1 Å². The number of rotatable bonds is 9. The molecule has 354 valence electrons. The molecule has 0 radical (unpaired) electrons. The zero-order valence-corrected chi connectivity index (χ0v) is 43.0. The predicted octanol–water partition coefficient (Wildman–Crippen LogP) is 10.9. The normalized spacial score (nSPS) is 13.8. The molecule has 1 aromatic heterocycles. The molecule has 5 nitrogen and oxygen atoms in total. The summed E-state index contributed by atoms with van der Waals surface area (Å²) < 4.78 is 2.01. The van der Waals surface area contributed by atoms with Gasteiger partial charge in [0.2, 0.25) is 0 Å². The molecule has 0 amide bonds. The van der Waals surface area contributed by atoms with Crippen LogP contribution in [0.5, 0.6) is 0 Å². The number of anilines is 6. The molecule has 0 atom stereocenters. The van der Waals surface area contributed by atoms with Crippen LogP contribution in [0.4, 0.5) is 34.1 Å². The van der Waals surface area contributed by atoms with Crippen LogP contribution in [0.3, 0.4) is 0 Å². The molecule has 2 aliphatic rings. The Morgan fingerprint density at radius 3 is 0.907 bits per heavy atom. The number of aromatic nitrogens is 3. The molecular weight excluding hydrogens is 943 g/mol. The van der Waals surface area contributed by atoms with Crippen LogP contribution in [0, 0.1) is 0 Å². The summed E-state index contributed by atoms with van der Waals surface area (Å²) in [5.74, 6) is 1.44. The van der Waals surface area contributed by atoms with Crippen molar-refractivity contribution in [2.24, 2.45) is 0 Å². The van der Waals surface area contributed by atoms with Gasteiger partial charge in [-0.3, -0.25) is 0 Å². The fourth-order valence-corrected chi connectivity index (χ4v) is 22.5. The van der Waals surface area contributed by atoms with Gasteiger partial charge in [-0.25, -0.2) is 9.67 Å². The largest absolute Gasteiger partial charge is 0.311 e. The number of para-hydroxylation sites is 4. The highest BCUT2D eigenvalue weighted by Gasteiger charge is 2.50. The fraction of sp³-hybridized carbons (Fsp3) is 0. The first-order valence-corrected chi connectivity index (χ1v) is 29.7. The van der Waals surface area contributed by atoms with Crippen molar-refractivity contribution < 1.29 is 0 Å². The highest BCUT2D eigenvalue weighted by molar-refractivity contribution is 7.22. The van der Waals surface area contributed by atoms with Crippen LogP contribution in [0.15, 0.2) is 297 Å². The second kappa shape index (κ2) is 18.3. The fourth-order valence-electron chi connectivity index (χ4n) is 12.3. The van der Waals surface area contributed by atoms with Crippen LogP contribution in [-0.2, 0) is 0 Å². The molecule has 2 aliphatic heterocycles. The smallest absolute Gasteiger partial charge is 0.184 e. The molecule has 14 rings (SSSR count). The van der Waals surface area contributed by atoms with Crippen molar-refractivity contribution in [3.63, 3.8) is 0 Å². The average Bonchev–Trinajstić information content (AvgIpc) is 3.99. The summed E-state index contributed by atoms with van der Waals surface area (Å²) in [6, 6.07) is 109. The molecule has 0 aliphatic carbocycles. The molecular formula is C68H49N5Si2. The summed E-state index contributed by atoms with van der Waals surface area (Å²) in [6.07, 6.45) is 0. The molecule has 0 fully saturated rings. The van der Waals surface area contributed by atoms with E-state index >= 15 is 0 Å². The minimum atomic E-state index is -2.74. The third-order valence-electron chi connectivity index (χ3n) is 15.4. The summed E-state index contributed by atoms with van der Waals surface area (Å²) in [7, 11) is -5.48. The van der Waals surface area contributed by atoms with Gasteiger partial charge in [-0.15, -0.1) is 5.10 Å². The van der Waals surface area contributed by atoms with Crippen molar-refractivity contribution in [3.05, 3.63) is 297 Å². The van der Waals surface area contributed by atoms with Gasteiger partial charge in [-0.05, 0) is 114 Å². The first-order valence-electron chi connectivity index (χ1n) is 25.7. The van der Waals surface area contributed by atoms with Crippen LogP contribution in [-0.4, -0.2) is 30.9 Å². The second-order valence-corrected chi connectivity index (χ2v) is 26.8. The number of benzene rings is 11. The maximum Gasteiger partial charge on any atom is 0.184 e. The van der Waals surface area contributed by atoms with E-state index in [1.165, 1.54) is 64.2 Å². The van der Waals surface area contributed by atoms with E-state index in [1.54, 1.807) is 0 Å². The Balaban J connectivity index is 0.874. The molecule has 7 heteroatoms. The minimum absolute atomic E-state index is 0.669. The van der Waals surface area contributed by atoms with Crippen molar-refractivity contribution in [2.75, 3.05) is 9.80 Å². The zero-order chi connectivity index (χ0) is 49.8. The SMILES string of the molecule is c1ccc(-c2nc(-c3ccc(N4c5ccccc5[Si](c5ccccc5)(c5ccccc5)c5ccccc54)cc3)n(-c3ccc(N4c5ccccc5[Si](c5ccccc5)(c5ccccc5)c5ccccc54)cc3)n2)cc1. The van der Waals surface area contributed by atoms with E-state index in [2.05, 4.69) is 289 Å². The van der Waals surface area contributed by atoms with E-state index in [0.717, 1.165) is 34.0 Å². The second-order valence-electron chi connectivity index (χ2n) is 19.3. The summed E-state index contributed by atoms with van der Waals surface area (Å²) in [6.45, 7) is 0. The number of hydrogen-bond acceptors (Lipinski definition) is 4. The van der Waals surface area contributed by atoms with Gasteiger partial charge in [-0.2, -0.15) is 0 Å². The maximum absolute atomic E-state index is 5.31. The molecule has 3 heterocycles. The molecule has 0 saturated carbocycles. The molecule has 0 spiro atoms. The van der Waals surface area contributed by atoms with Gasteiger partial charge < -0.3 is 9.80 Å². The summed E-state index contributed by atoms with van der Waals surface area (Å²) in [5.41, 5.74) is 9.80. The summed E-state index contributed by atoms with van der Waals surface area (Å²) >= 11 is 0. The standard InChI is InChI=1S/C68H49N5Si2/c1-6-24-50(25-7-1)67-69-68(51-42-44-52(45-43-51)71-59-34-16-20-38-63(59)74(55-26-8-2-9-27-55,56-28-10-3-11-29-56)64-39-21-17-35-60(64)71)73(70-67)54-48-46-53(47-49-54)72-61-36-18-22-40-65(61)75(57-30-12-4-13-31-57,58-32-14-5-15-33-58)66-41-23-19-37-62(66)72/h1-49H. The Kier molecular flexibility index (Phi) is 10.8. The van der Waals surface area contributed by atoms with Crippen LogP contribution in [0.25, 0.3) is 28.5 Å². The Morgan fingerprint density at radius 2 is 0.547 bits per heavy atom. The van der Waals surface area contributed by atoms with Crippen LogP contribution in [0.1, 0.15) is 0 Å². The van der Waals surface area contributed by atoms with E-state index in [-0.39, 0.29) is 0 Å². The molecule has 11 aromatic carbocycles. The highest BCUT2D eigenvalue weighted by Crippen LogP contribution is 2.41. The van der Waals surface area contributed by atoms with Gasteiger partial charge >= 0.3 is 0 Å². The van der Waals surface area contributed by atoms with Gasteiger partial charge in [-0.1, -0.05) is 224 Å².